The van der Waals surface area contributed by atoms with Gasteiger partial charge in [-0.15, -0.1) is 0 Å². The van der Waals surface area contributed by atoms with Crippen molar-refractivity contribution in [3.8, 4) is 0 Å². The predicted octanol–water partition coefficient (Wildman–Crippen LogP) is 3.30. The number of para-hydroxylation sites is 1. The quantitative estimate of drug-likeness (QED) is 0.733. The maximum atomic E-state index is 12.2. The third-order valence-corrected chi connectivity index (χ3v) is 4.50. The molecule has 3 aromatic rings. The lowest BCUT2D eigenvalue weighted by molar-refractivity contribution is -0.120. The van der Waals surface area contributed by atoms with Crippen molar-refractivity contribution >= 4 is 28.0 Å². The number of aryl methyl sites for hydroxylation is 1. The van der Waals surface area contributed by atoms with Gasteiger partial charge in [-0.3, -0.25) is 4.79 Å². The van der Waals surface area contributed by atoms with Crippen LogP contribution in [0, 0.1) is 0 Å². The fourth-order valence-electron chi connectivity index (χ4n) is 2.54. The SMILES string of the molecule is N[C@@H](Cc1c[nH]c2ccccc12)C(=O)CCc1ccsc1. The van der Waals surface area contributed by atoms with Gasteiger partial charge in [0.05, 0.1) is 6.04 Å². The smallest absolute Gasteiger partial charge is 0.150 e. The Morgan fingerprint density at radius 3 is 2.95 bits per heavy atom. The number of Topliss-reactive ketones (excluding diaryl/α,β-unsaturated/α-hetero) is 1. The lowest BCUT2D eigenvalue weighted by Gasteiger charge is -2.09. The highest BCUT2D eigenvalue weighted by Crippen LogP contribution is 2.19. The number of thiophene rings is 1. The molecular weight excluding hydrogens is 280 g/mol. The van der Waals surface area contributed by atoms with Crippen LogP contribution in [-0.4, -0.2) is 16.8 Å². The molecule has 0 unspecified atom stereocenters. The summed E-state index contributed by atoms with van der Waals surface area (Å²) >= 11 is 1.66. The van der Waals surface area contributed by atoms with E-state index in [1.54, 1.807) is 11.3 Å². The molecule has 0 aliphatic rings. The Morgan fingerprint density at radius 1 is 1.29 bits per heavy atom. The van der Waals surface area contributed by atoms with E-state index in [2.05, 4.69) is 22.5 Å². The van der Waals surface area contributed by atoms with Crippen LogP contribution in [0.2, 0.25) is 0 Å². The molecule has 3 nitrogen and oxygen atoms in total. The van der Waals surface area contributed by atoms with Crippen molar-refractivity contribution in [3.05, 3.63) is 58.4 Å². The van der Waals surface area contributed by atoms with Gasteiger partial charge in [-0.25, -0.2) is 0 Å². The summed E-state index contributed by atoms with van der Waals surface area (Å²) < 4.78 is 0. The molecule has 0 aliphatic carbocycles. The van der Waals surface area contributed by atoms with Crippen LogP contribution in [0.15, 0.2) is 47.3 Å². The van der Waals surface area contributed by atoms with E-state index in [1.165, 1.54) is 5.56 Å². The highest BCUT2D eigenvalue weighted by molar-refractivity contribution is 7.07. The Bertz CT molecular complexity index is 730. The van der Waals surface area contributed by atoms with Gasteiger partial charge in [0.2, 0.25) is 0 Å². The highest BCUT2D eigenvalue weighted by Gasteiger charge is 2.16. The van der Waals surface area contributed by atoms with Crippen molar-refractivity contribution in [2.24, 2.45) is 5.73 Å². The van der Waals surface area contributed by atoms with Gasteiger partial charge in [0, 0.05) is 23.5 Å². The molecule has 0 radical (unpaired) electrons. The van der Waals surface area contributed by atoms with Crippen LogP contribution in [-0.2, 0) is 17.6 Å². The first-order chi connectivity index (χ1) is 10.2. The summed E-state index contributed by atoms with van der Waals surface area (Å²) in [4.78, 5) is 15.4. The summed E-state index contributed by atoms with van der Waals surface area (Å²) in [7, 11) is 0. The van der Waals surface area contributed by atoms with Crippen molar-refractivity contribution in [2.45, 2.75) is 25.3 Å². The lowest BCUT2D eigenvalue weighted by Crippen LogP contribution is -2.32. The average molecular weight is 298 g/mol. The van der Waals surface area contributed by atoms with Crippen LogP contribution in [0.25, 0.3) is 10.9 Å². The maximum Gasteiger partial charge on any atom is 0.150 e. The maximum absolute atomic E-state index is 12.2. The number of aromatic amines is 1. The number of nitrogens with two attached hydrogens (primary N) is 1. The molecule has 1 atom stereocenters. The zero-order chi connectivity index (χ0) is 14.7. The number of H-pyrrole nitrogens is 1. The number of benzene rings is 1. The minimum Gasteiger partial charge on any atom is -0.361 e. The molecule has 3 rings (SSSR count). The number of aromatic nitrogens is 1. The molecule has 0 amide bonds. The summed E-state index contributed by atoms with van der Waals surface area (Å²) in [5, 5.41) is 5.27. The summed E-state index contributed by atoms with van der Waals surface area (Å²) in [6.07, 6.45) is 3.84. The molecule has 4 heteroatoms. The average Bonchev–Trinajstić information content (AvgIpc) is 3.15. The van der Waals surface area contributed by atoms with E-state index in [0.29, 0.717) is 12.8 Å². The molecule has 1 aromatic carbocycles. The largest absolute Gasteiger partial charge is 0.361 e. The Morgan fingerprint density at radius 2 is 2.14 bits per heavy atom. The third kappa shape index (κ3) is 3.23. The minimum absolute atomic E-state index is 0.131. The van der Waals surface area contributed by atoms with Crippen LogP contribution in [0.4, 0.5) is 0 Å². The number of hydrogen-bond acceptors (Lipinski definition) is 3. The summed E-state index contributed by atoms with van der Waals surface area (Å²) in [5.41, 5.74) is 9.49. The van der Waals surface area contributed by atoms with Crippen molar-refractivity contribution < 1.29 is 4.79 Å². The van der Waals surface area contributed by atoms with E-state index in [-0.39, 0.29) is 5.78 Å². The van der Waals surface area contributed by atoms with Gasteiger partial charge in [0.15, 0.2) is 0 Å². The standard InChI is InChI=1S/C17H18N2OS/c18-15(17(20)6-5-12-7-8-21-11-12)9-13-10-19-16-4-2-1-3-14(13)16/h1-4,7-8,10-11,15,19H,5-6,9,18H2/t15-/m0/s1. The van der Waals surface area contributed by atoms with E-state index < -0.39 is 6.04 Å². The lowest BCUT2D eigenvalue weighted by atomic mass is 9.99. The fourth-order valence-corrected chi connectivity index (χ4v) is 3.24. The van der Waals surface area contributed by atoms with Crippen LogP contribution in [0.3, 0.4) is 0 Å². The zero-order valence-electron chi connectivity index (χ0n) is 11.7. The van der Waals surface area contributed by atoms with Gasteiger partial charge in [-0.05, 0) is 46.9 Å². The number of hydrogen-bond donors (Lipinski definition) is 2. The molecule has 108 valence electrons. The van der Waals surface area contributed by atoms with Gasteiger partial charge in [-0.1, -0.05) is 18.2 Å². The zero-order valence-corrected chi connectivity index (χ0v) is 12.5. The molecule has 0 saturated carbocycles. The molecule has 21 heavy (non-hydrogen) atoms. The van der Waals surface area contributed by atoms with E-state index in [4.69, 9.17) is 5.73 Å². The summed E-state index contributed by atoms with van der Waals surface area (Å²) in [6.45, 7) is 0. The molecule has 0 bridgehead atoms. The second kappa shape index (κ2) is 6.24. The Balaban J connectivity index is 1.62. The fraction of sp³-hybridized carbons (Fsp3) is 0.235. The first kappa shape index (κ1) is 14.0. The monoisotopic (exact) mass is 298 g/mol. The van der Waals surface area contributed by atoms with Crippen LogP contribution in [0.5, 0.6) is 0 Å². The van der Waals surface area contributed by atoms with Crippen LogP contribution < -0.4 is 5.73 Å². The summed E-state index contributed by atoms with van der Waals surface area (Å²) in [6, 6.07) is 9.72. The van der Waals surface area contributed by atoms with Gasteiger partial charge in [-0.2, -0.15) is 11.3 Å². The highest BCUT2D eigenvalue weighted by atomic mass is 32.1. The summed E-state index contributed by atoms with van der Waals surface area (Å²) in [5.74, 6) is 0.131. The Labute approximate surface area is 127 Å². The number of rotatable bonds is 6. The van der Waals surface area contributed by atoms with Crippen molar-refractivity contribution in [1.82, 2.24) is 4.98 Å². The third-order valence-electron chi connectivity index (χ3n) is 3.77. The number of carbonyl (C=O) groups excluding carboxylic acids is 1. The second-order valence-electron chi connectivity index (χ2n) is 5.27. The van der Waals surface area contributed by atoms with Crippen molar-refractivity contribution in [1.29, 1.82) is 0 Å². The van der Waals surface area contributed by atoms with Gasteiger partial charge >= 0.3 is 0 Å². The molecule has 2 heterocycles. The van der Waals surface area contributed by atoms with E-state index in [9.17, 15) is 4.79 Å². The molecule has 2 aromatic heterocycles. The predicted molar refractivity (Wildman–Crippen MR) is 87.6 cm³/mol. The van der Waals surface area contributed by atoms with Crippen LogP contribution >= 0.6 is 11.3 Å². The topological polar surface area (TPSA) is 58.9 Å². The van der Waals surface area contributed by atoms with E-state index >= 15 is 0 Å². The Kier molecular flexibility index (Phi) is 4.18. The molecule has 0 fully saturated rings. The number of nitrogens with one attached hydrogen (secondary N) is 1. The normalized spacial score (nSPS) is 12.6. The number of ketones is 1. The van der Waals surface area contributed by atoms with Gasteiger partial charge in [0.25, 0.3) is 0 Å². The number of carbonyl (C=O) groups is 1. The van der Waals surface area contributed by atoms with Gasteiger partial charge in [0.1, 0.15) is 5.78 Å². The van der Waals surface area contributed by atoms with Crippen LogP contribution in [0.1, 0.15) is 17.5 Å². The molecule has 0 spiro atoms. The molecule has 0 saturated heterocycles. The Hall–Kier alpha value is -1.91. The van der Waals surface area contributed by atoms with E-state index in [0.717, 1.165) is 22.9 Å². The van der Waals surface area contributed by atoms with Crippen molar-refractivity contribution in [2.75, 3.05) is 0 Å². The van der Waals surface area contributed by atoms with Gasteiger partial charge < -0.3 is 10.7 Å². The first-order valence-electron chi connectivity index (χ1n) is 7.08. The minimum atomic E-state index is -0.428. The van der Waals surface area contributed by atoms with Crippen molar-refractivity contribution in [3.63, 3.8) is 0 Å². The molecule has 3 N–H and O–H groups in total. The molecular formula is C17H18N2OS. The first-order valence-corrected chi connectivity index (χ1v) is 8.02. The molecule has 0 aliphatic heterocycles. The van der Waals surface area contributed by atoms with E-state index in [1.807, 2.05) is 29.8 Å². The second-order valence-corrected chi connectivity index (χ2v) is 6.05. The number of fused-ring (bicyclic) bond motifs is 1.